The molecule has 3 aromatic rings. The van der Waals surface area contributed by atoms with Gasteiger partial charge < -0.3 is 14.6 Å². The van der Waals surface area contributed by atoms with Crippen molar-refractivity contribution < 1.29 is 27.9 Å². The van der Waals surface area contributed by atoms with E-state index in [1.54, 1.807) is 24.9 Å². The van der Waals surface area contributed by atoms with Crippen LogP contribution in [0.2, 0.25) is 0 Å². The number of carboxylic acid groups (broad SMARTS) is 1. The Kier molecular flexibility index (Phi) is 6.36. The molecule has 1 aliphatic heterocycles. The standard InChI is InChI=1S/C27H31F3N4O3S/c1-15-20(38-23(32-15)27(28,29)30)14-34-19-13-33(11-8-17(19)18-6-5-10-31-22(18)34)21(35)12-16-7-9-26(4,24(36)37)25(16,2)3/h5-6,10,16H,7-9,11-14H2,1-4H3,(H,36,37)/t16-,26+/m1/s1. The molecule has 1 N–H and O–H groups in total. The van der Waals surface area contributed by atoms with E-state index in [4.69, 9.17) is 0 Å². The molecule has 0 radical (unpaired) electrons. The van der Waals surface area contributed by atoms with Crippen LogP contribution in [0.3, 0.4) is 0 Å². The number of carboxylic acids is 1. The quantitative estimate of drug-likeness (QED) is 0.444. The number of nitrogens with zero attached hydrogens (tertiary/aromatic N) is 4. The number of alkyl halides is 3. The Morgan fingerprint density at radius 3 is 2.63 bits per heavy atom. The lowest BCUT2D eigenvalue weighted by Gasteiger charge is -2.39. The maximum atomic E-state index is 13.5. The molecule has 11 heteroatoms. The van der Waals surface area contributed by atoms with Crippen LogP contribution in [0.1, 0.15) is 66.9 Å². The van der Waals surface area contributed by atoms with Gasteiger partial charge in [-0.2, -0.15) is 13.2 Å². The highest BCUT2D eigenvalue weighted by molar-refractivity contribution is 7.11. The molecular formula is C27H31F3N4O3S. The first kappa shape index (κ1) is 26.6. The monoisotopic (exact) mass is 548 g/mol. The molecule has 2 atom stereocenters. The van der Waals surface area contributed by atoms with Crippen LogP contribution in [0, 0.1) is 23.7 Å². The summed E-state index contributed by atoms with van der Waals surface area (Å²) < 4.78 is 41.8. The highest BCUT2D eigenvalue weighted by Gasteiger charge is 2.56. The molecular weight excluding hydrogens is 517 g/mol. The highest BCUT2D eigenvalue weighted by atomic mass is 32.1. The maximum absolute atomic E-state index is 13.5. The number of hydrogen-bond donors (Lipinski definition) is 1. The number of aromatic nitrogens is 3. The molecule has 38 heavy (non-hydrogen) atoms. The van der Waals surface area contributed by atoms with Gasteiger partial charge in [-0.25, -0.2) is 9.97 Å². The smallest absolute Gasteiger partial charge is 0.443 e. The van der Waals surface area contributed by atoms with Gasteiger partial charge in [-0.05, 0) is 62.1 Å². The minimum Gasteiger partial charge on any atom is -0.481 e. The summed E-state index contributed by atoms with van der Waals surface area (Å²) in [5, 5.41) is 9.91. The number of carbonyl (C=O) groups excluding carboxylic acids is 1. The number of fused-ring (bicyclic) bond motifs is 3. The second-order valence-electron chi connectivity index (χ2n) is 11.3. The van der Waals surface area contributed by atoms with E-state index in [0.29, 0.717) is 59.9 Å². The number of pyridine rings is 1. The van der Waals surface area contributed by atoms with Crippen LogP contribution in [0.25, 0.3) is 11.0 Å². The number of hydrogen-bond acceptors (Lipinski definition) is 5. The molecule has 1 amide bonds. The van der Waals surface area contributed by atoms with Crippen molar-refractivity contribution in [1.29, 1.82) is 0 Å². The minimum absolute atomic E-state index is 0.0264. The van der Waals surface area contributed by atoms with Gasteiger partial charge in [0.2, 0.25) is 5.91 Å². The van der Waals surface area contributed by atoms with E-state index in [0.717, 1.165) is 16.6 Å². The van der Waals surface area contributed by atoms with Crippen LogP contribution in [0.5, 0.6) is 0 Å². The maximum Gasteiger partial charge on any atom is 0.443 e. The summed E-state index contributed by atoms with van der Waals surface area (Å²) in [5.41, 5.74) is 1.54. The second kappa shape index (κ2) is 9.07. The van der Waals surface area contributed by atoms with Crippen LogP contribution in [0.15, 0.2) is 18.3 Å². The lowest BCUT2D eigenvalue weighted by Crippen LogP contribution is -2.43. The van der Waals surface area contributed by atoms with Gasteiger partial charge in [0.05, 0.1) is 24.2 Å². The van der Waals surface area contributed by atoms with E-state index in [9.17, 15) is 27.9 Å². The van der Waals surface area contributed by atoms with Crippen LogP contribution in [-0.2, 0) is 35.3 Å². The van der Waals surface area contributed by atoms with Crippen molar-refractivity contribution in [2.45, 2.75) is 72.6 Å². The van der Waals surface area contributed by atoms with Gasteiger partial charge in [0, 0.05) is 35.1 Å². The second-order valence-corrected chi connectivity index (χ2v) is 12.4. The first-order valence-corrected chi connectivity index (χ1v) is 13.6. The third-order valence-electron chi connectivity index (χ3n) is 9.13. The number of amides is 1. The molecule has 3 aromatic heterocycles. The zero-order valence-corrected chi connectivity index (χ0v) is 22.7. The summed E-state index contributed by atoms with van der Waals surface area (Å²) in [6, 6.07) is 3.80. The number of aryl methyl sites for hydroxylation is 1. The van der Waals surface area contributed by atoms with Crippen molar-refractivity contribution in [1.82, 2.24) is 19.4 Å². The molecule has 2 aliphatic rings. The van der Waals surface area contributed by atoms with E-state index in [1.165, 1.54) is 0 Å². The fourth-order valence-electron chi connectivity index (χ4n) is 6.16. The average molecular weight is 549 g/mol. The van der Waals surface area contributed by atoms with Crippen molar-refractivity contribution >= 4 is 34.2 Å². The minimum atomic E-state index is -4.50. The van der Waals surface area contributed by atoms with E-state index >= 15 is 0 Å². The summed E-state index contributed by atoms with van der Waals surface area (Å²) in [5.74, 6) is -0.906. The van der Waals surface area contributed by atoms with Gasteiger partial charge in [0.15, 0.2) is 5.01 Å². The number of thiazole rings is 1. The molecule has 7 nitrogen and oxygen atoms in total. The van der Waals surface area contributed by atoms with Crippen LogP contribution in [-0.4, -0.2) is 43.0 Å². The Hall–Kier alpha value is -2.95. The van der Waals surface area contributed by atoms with E-state index in [2.05, 4.69) is 9.97 Å². The Labute approximate surface area is 222 Å². The molecule has 204 valence electrons. The van der Waals surface area contributed by atoms with Crippen molar-refractivity contribution in [3.63, 3.8) is 0 Å². The molecule has 1 aliphatic carbocycles. The fourth-order valence-corrected chi connectivity index (χ4v) is 7.08. The van der Waals surface area contributed by atoms with Gasteiger partial charge in [0.25, 0.3) is 0 Å². The molecule has 0 unspecified atom stereocenters. The number of halogens is 3. The molecule has 5 rings (SSSR count). The lowest BCUT2D eigenvalue weighted by molar-refractivity contribution is -0.155. The van der Waals surface area contributed by atoms with Gasteiger partial charge in [0.1, 0.15) is 5.65 Å². The van der Waals surface area contributed by atoms with Crippen molar-refractivity contribution in [2.24, 2.45) is 16.7 Å². The fraction of sp³-hybridized carbons (Fsp3) is 0.556. The Balaban J connectivity index is 1.43. The van der Waals surface area contributed by atoms with Crippen LogP contribution >= 0.6 is 11.3 Å². The van der Waals surface area contributed by atoms with Crippen molar-refractivity contribution in [3.05, 3.63) is 45.2 Å². The molecule has 4 heterocycles. The Morgan fingerprint density at radius 2 is 2.00 bits per heavy atom. The largest absolute Gasteiger partial charge is 0.481 e. The molecule has 0 saturated heterocycles. The predicted molar refractivity (Wildman–Crippen MR) is 137 cm³/mol. The van der Waals surface area contributed by atoms with E-state index < -0.39 is 28.0 Å². The molecule has 1 fully saturated rings. The number of carbonyl (C=O) groups is 2. The number of aliphatic carboxylic acids is 1. The molecule has 0 spiro atoms. The van der Waals surface area contributed by atoms with Gasteiger partial charge in [-0.15, -0.1) is 11.3 Å². The van der Waals surface area contributed by atoms with Crippen molar-refractivity contribution in [3.8, 4) is 0 Å². The summed E-state index contributed by atoms with van der Waals surface area (Å²) in [4.78, 5) is 36.1. The molecule has 0 aromatic carbocycles. The summed E-state index contributed by atoms with van der Waals surface area (Å²) in [6.07, 6.45) is -0.741. The summed E-state index contributed by atoms with van der Waals surface area (Å²) in [7, 11) is 0. The van der Waals surface area contributed by atoms with E-state index in [-0.39, 0.29) is 24.8 Å². The van der Waals surface area contributed by atoms with Gasteiger partial charge >= 0.3 is 12.1 Å². The zero-order valence-electron chi connectivity index (χ0n) is 21.9. The molecule has 0 bridgehead atoms. The Bertz CT molecular complexity index is 1430. The average Bonchev–Trinajstić information content (AvgIpc) is 3.46. The van der Waals surface area contributed by atoms with Gasteiger partial charge in [-0.1, -0.05) is 13.8 Å². The Morgan fingerprint density at radius 1 is 1.26 bits per heavy atom. The third-order valence-corrected chi connectivity index (χ3v) is 10.3. The highest BCUT2D eigenvalue weighted by Crippen LogP contribution is 2.57. The number of rotatable bonds is 5. The first-order chi connectivity index (χ1) is 17.7. The third kappa shape index (κ3) is 4.19. The topological polar surface area (TPSA) is 88.3 Å². The van der Waals surface area contributed by atoms with Crippen molar-refractivity contribution in [2.75, 3.05) is 6.54 Å². The summed E-state index contributed by atoms with van der Waals surface area (Å²) >= 11 is 0.641. The van der Waals surface area contributed by atoms with Crippen LogP contribution < -0.4 is 0 Å². The predicted octanol–water partition coefficient (Wildman–Crippen LogP) is 5.67. The first-order valence-electron chi connectivity index (χ1n) is 12.7. The summed E-state index contributed by atoms with van der Waals surface area (Å²) in [6.45, 7) is 8.28. The van der Waals surface area contributed by atoms with Gasteiger partial charge in [-0.3, -0.25) is 9.59 Å². The zero-order chi connectivity index (χ0) is 27.6. The molecule has 1 saturated carbocycles. The normalized spacial score (nSPS) is 23.1. The van der Waals surface area contributed by atoms with E-state index in [1.807, 2.05) is 30.5 Å². The SMILES string of the molecule is Cc1nc(C(F)(F)F)sc1Cn1c2c(c3cccnc31)CCN(C(=O)C[C@H]1CC[C@@](C)(C(=O)O)C1(C)C)C2. The lowest BCUT2D eigenvalue weighted by atomic mass is 9.65. The van der Waals surface area contributed by atoms with Crippen LogP contribution in [0.4, 0.5) is 13.2 Å².